The van der Waals surface area contributed by atoms with Crippen molar-refractivity contribution in [3.63, 3.8) is 0 Å². The molecule has 1 aliphatic rings. The summed E-state index contributed by atoms with van der Waals surface area (Å²) in [6.45, 7) is 6.77. The van der Waals surface area contributed by atoms with Crippen molar-refractivity contribution in [1.82, 2.24) is 10.3 Å². The lowest BCUT2D eigenvalue weighted by molar-refractivity contribution is -0.118. The summed E-state index contributed by atoms with van der Waals surface area (Å²) in [5.74, 6) is 0.0594. The number of aryl methyl sites for hydroxylation is 1. The fourth-order valence-corrected chi connectivity index (χ4v) is 4.69. The van der Waals surface area contributed by atoms with E-state index in [1.165, 1.54) is 11.3 Å². The molecule has 2 amide bonds. The van der Waals surface area contributed by atoms with Gasteiger partial charge in [-0.05, 0) is 78.7 Å². The number of carbonyl (C=O) groups excluding carboxylic acids is 2. The van der Waals surface area contributed by atoms with E-state index in [9.17, 15) is 9.59 Å². The van der Waals surface area contributed by atoms with Crippen LogP contribution in [0.3, 0.4) is 0 Å². The Morgan fingerprint density at radius 1 is 0.833 bits per heavy atom. The monoisotopic (exact) mass is 561 g/mol. The molecule has 0 radical (unpaired) electrons. The summed E-state index contributed by atoms with van der Waals surface area (Å²) in [5.41, 5.74) is 8.23. The normalized spacial score (nSPS) is 13.6. The minimum absolute atomic E-state index is 0.0962. The zero-order valence-electron chi connectivity index (χ0n) is 23.7. The van der Waals surface area contributed by atoms with Crippen LogP contribution in [0, 0.1) is 6.92 Å². The van der Waals surface area contributed by atoms with Crippen molar-refractivity contribution < 1.29 is 14.3 Å². The van der Waals surface area contributed by atoms with Crippen LogP contribution >= 0.6 is 0 Å². The Morgan fingerprint density at radius 2 is 1.52 bits per heavy atom. The van der Waals surface area contributed by atoms with Crippen molar-refractivity contribution in [1.29, 1.82) is 0 Å². The molecule has 0 unspecified atom stereocenters. The molecule has 0 aliphatic carbocycles. The fourth-order valence-electron chi connectivity index (χ4n) is 4.69. The Kier molecular flexibility index (Phi) is 9.59. The van der Waals surface area contributed by atoms with Crippen molar-refractivity contribution in [3.8, 4) is 5.75 Å². The van der Waals surface area contributed by atoms with Crippen LogP contribution in [0.1, 0.15) is 27.0 Å². The number of amides is 2. The maximum absolute atomic E-state index is 12.6. The van der Waals surface area contributed by atoms with E-state index in [1.54, 1.807) is 30.5 Å². The van der Waals surface area contributed by atoms with Gasteiger partial charge in [-0.15, -0.1) is 0 Å². The molecule has 4 aromatic rings. The first-order valence-electron chi connectivity index (χ1n) is 14.1. The van der Waals surface area contributed by atoms with Crippen LogP contribution in [-0.4, -0.2) is 55.7 Å². The van der Waals surface area contributed by atoms with Crippen molar-refractivity contribution in [2.45, 2.75) is 13.5 Å². The number of piperazine rings is 1. The van der Waals surface area contributed by atoms with Crippen molar-refractivity contribution in [2.75, 3.05) is 43.0 Å². The summed E-state index contributed by atoms with van der Waals surface area (Å²) in [6, 6.07) is 32.9. The summed E-state index contributed by atoms with van der Waals surface area (Å²) < 4.78 is 5.57. The second-order valence-electron chi connectivity index (χ2n) is 10.3. The maximum atomic E-state index is 12.6. The number of hydrogen-bond acceptors (Lipinski definition) is 6. The zero-order chi connectivity index (χ0) is 29.1. The molecule has 0 bridgehead atoms. The molecule has 0 aromatic heterocycles. The van der Waals surface area contributed by atoms with Crippen LogP contribution in [0.5, 0.6) is 5.75 Å². The number of para-hydroxylation sites is 1. The second-order valence-corrected chi connectivity index (χ2v) is 10.3. The number of anilines is 2. The average Bonchev–Trinajstić information content (AvgIpc) is 3.03. The Morgan fingerprint density at radius 3 is 2.21 bits per heavy atom. The van der Waals surface area contributed by atoms with E-state index in [-0.39, 0.29) is 18.4 Å². The molecule has 214 valence electrons. The Balaban J connectivity index is 1.02. The van der Waals surface area contributed by atoms with E-state index in [1.807, 2.05) is 61.5 Å². The molecule has 42 heavy (non-hydrogen) atoms. The zero-order valence-corrected chi connectivity index (χ0v) is 23.7. The smallest absolute Gasteiger partial charge is 0.271 e. The Bertz CT molecular complexity index is 1480. The van der Waals surface area contributed by atoms with E-state index in [2.05, 4.69) is 49.9 Å². The SMILES string of the molecule is Cc1ccc(NC(=O)COc2ccc(/C=N\NC(=O)c3ccc(CN4CCN(c5ccccc5)CC4)cc3)cc2)cc1. The van der Waals surface area contributed by atoms with Gasteiger partial charge in [-0.1, -0.05) is 48.0 Å². The molecule has 4 aromatic carbocycles. The predicted molar refractivity (Wildman–Crippen MR) is 167 cm³/mol. The number of ether oxygens (including phenoxy) is 1. The van der Waals surface area contributed by atoms with Crippen LogP contribution in [0.4, 0.5) is 11.4 Å². The summed E-state index contributed by atoms with van der Waals surface area (Å²) in [4.78, 5) is 29.5. The van der Waals surface area contributed by atoms with Gasteiger partial charge in [0.2, 0.25) is 0 Å². The van der Waals surface area contributed by atoms with E-state index < -0.39 is 0 Å². The lowest BCUT2D eigenvalue weighted by atomic mass is 10.1. The number of benzene rings is 4. The number of hydrazone groups is 1. The Hall–Kier alpha value is -4.95. The van der Waals surface area contributed by atoms with Gasteiger partial charge >= 0.3 is 0 Å². The van der Waals surface area contributed by atoms with Crippen molar-refractivity contribution in [2.24, 2.45) is 5.10 Å². The first-order valence-corrected chi connectivity index (χ1v) is 14.1. The van der Waals surface area contributed by atoms with Gasteiger partial charge in [-0.3, -0.25) is 14.5 Å². The fraction of sp³-hybridized carbons (Fsp3) is 0.206. The molecular weight excluding hydrogens is 526 g/mol. The molecule has 0 saturated carbocycles. The van der Waals surface area contributed by atoms with Crippen LogP contribution in [0.15, 0.2) is 108 Å². The minimum atomic E-state index is -0.270. The molecule has 8 heteroatoms. The molecule has 8 nitrogen and oxygen atoms in total. The predicted octanol–water partition coefficient (Wildman–Crippen LogP) is 5.10. The van der Waals surface area contributed by atoms with E-state index in [0.29, 0.717) is 11.3 Å². The van der Waals surface area contributed by atoms with Gasteiger partial charge < -0.3 is 15.0 Å². The molecule has 1 fully saturated rings. The van der Waals surface area contributed by atoms with Crippen molar-refractivity contribution in [3.05, 3.63) is 125 Å². The molecular formula is C34H35N5O3. The van der Waals surface area contributed by atoms with Gasteiger partial charge in [0.25, 0.3) is 11.8 Å². The summed E-state index contributed by atoms with van der Waals surface area (Å²) >= 11 is 0. The van der Waals surface area contributed by atoms with Gasteiger partial charge in [-0.25, -0.2) is 5.43 Å². The first kappa shape index (κ1) is 28.6. The topological polar surface area (TPSA) is 86.3 Å². The third kappa shape index (κ3) is 8.28. The summed E-state index contributed by atoms with van der Waals surface area (Å²) in [6.07, 6.45) is 1.56. The Labute approximate surface area is 246 Å². The van der Waals surface area contributed by atoms with Gasteiger partial charge in [-0.2, -0.15) is 5.10 Å². The van der Waals surface area contributed by atoms with Gasteiger partial charge in [0.05, 0.1) is 6.21 Å². The lowest BCUT2D eigenvalue weighted by Gasteiger charge is -2.36. The number of rotatable bonds is 10. The molecule has 5 rings (SSSR count). The number of carbonyl (C=O) groups is 2. The van der Waals surface area contributed by atoms with E-state index in [4.69, 9.17) is 4.74 Å². The average molecular weight is 562 g/mol. The standard InChI is InChI=1S/C34H35N5O3/c1-26-7-15-30(16-8-26)36-33(40)25-42-32-17-11-27(12-18-32)23-35-37-34(41)29-13-9-28(10-14-29)24-38-19-21-39(22-20-38)31-5-3-2-4-6-31/h2-18,23H,19-22,24-25H2,1H3,(H,36,40)(H,37,41)/b35-23-. The van der Waals surface area contributed by atoms with E-state index in [0.717, 1.165) is 49.5 Å². The maximum Gasteiger partial charge on any atom is 0.271 e. The van der Waals surface area contributed by atoms with Gasteiger partial charge in [0.15, 0.2) is 6.61 Å². The van der Waals surface area contributed by atoms with Crippen LogP contribution in [0.25, 0.3) is 0 Å². The summed E-state index contributed by atoms with van der Waals surface area (Å²) in [7, 11) is 0. The first-order chi connectivity index (χ1) is 20.5. The lowest BCUT2D eigenvalue weighted by Crippen LogP contribution is -2.45. The second kappa shape index (κ2) is 14.1. The van der Waals surface area contributed by atoms with Crippen LogP contribution in [0.2, 0.25) is 0 Å². The van der Waals surface area contributed by atoms with Crippen LogP contribution in [-0.2, 0) is 11.3 Å². The number of hydrogen-bond donors (Lipinski definition) is 2. The largest absolute Gasteiger partial charge is 0.484 e. The van der Waals surface area contributed by atoms with Crippen molar-refractivity contribution >= 4 is 29.4 Å². The van der Waals surface area contributed by atoms with Gasteiger partial charge in [0, 0.05) is 49.7 Å². The molecule has 1 aliphatic heterocycles. The molecule has 0 atom stereocenters. The molecule has 0 spiro atoms. The highest BCUT2D eigenvalue weighted by molar-refractivity contribution is 5.95. The van der Waals surface area contributed by atoms with Gasteiger partial charge in [0.1, 0.15) is 5.75 Å². The highest BCUT2D eigenvalue weighted by atomic mass is 16.5. The summed E-state index contributed by atoms with van der Waals surface area (Å²) in [5, 5.41) is 6.88. The quantitative estimate of drug-likeness (QED) is 0.208. The van der Waals surface area contributed by atoms with E-state index >= 15 is 0 Å². The van der Waals surface area contributed by atoms with Crippen LogP contribution < -0.4 is 20.4 Å². The number of nitrogens with zero attached hydrogens (tertiary/aromatic N) is 3. The third-order valence-corrected chi connectivity index (χ3v) is 7.08. The molecule has 2 N–H and O–H groups in total. The molecule has 1 saturated heterocycles. The highest BCUT2D eigenvalue weighted by Crippen LogP contribution is 2.17. The number of nitrogens with one attached hydrogen (secondary N) is 2. The third-order valence-electron chi connectivity index (χ3n) is 7.08. The highest BCUT2D eigenvalue weighted by Gasteiger charge is 2.17. The minimum Gasteiger partial charge on any atom is -0.484 e. The molecule has 1 heterocycles.